The number of hydrogen-bond acceptors (Lipinski definition) is 2. The molecule has 1 heterocycles. The lowest BCUT2D eigenvalue weighted by atomic mass is 10.2. The zero-order valence-corrected chi connectivity index (χ0v) is 13.1. The summed E-state index contributed by atoms with van der Waals surface area (Å²) >= 11 is 0. The van der Waals surface area contributed by atoms with E-state index in [1.54, 1.807) is 0 Å². The number of halogens is 1. The molecule has 3 rings (SSSR count). The molecule has 23 heavy (non-hydrogen) atoms. The highest BCUT2D eigenvalue weighted by molar-refractivity contribution is 5.94. The van der Waals surface area contributed by atoms with Gasteiger partial charge in [0.05, 0.1) is 17.1 Å². The molecule has 118 valence electrons. The average molecular weight is 311 g/mol. The molecule has 0 saturated carbocycles. The molecular weight excluding hydrogens is 293 g/mol. The molecule has 1 N–H and O–H groups in total. The lowest BCUT2D eigenvalue weighted by molar-refractivity contribution is 0.0937. The Balaban J connectivity index is 1.87. The first-order chi connectivity index (χ1) is 11.1. The molecule has 1 aromatic heterocycles. The zero-order valence-electron chi connectivity index (χ0n) is 13.1. The molecule has 3 aromatic rings. The Labute approximate surface area is 134 Å². The van der Waals surface area contributed by atoms with Gasteiger partial charge in [-0.25, -0.2) is 9.37 Å². The zero-order chi connectivity index (χ0) is 16.4. The fourth-order valence-corrected chi connectivity index (χ4v) is 2.70. The van der Waals surface area contributed by atoms with Crippen LogP contribution < -0.4 is 5.32 Å². The predicted octanol–water partition coefficient (Wildman–Crippen LogP) is 3.69. The van der Waals surface area contributed by atoms with Crippen LogP contribution in [0.5, 0.6) is 0 Å². The summed E-state index contributed by atoms with van der Waals surface area (Å²) in [6.45, 7) is 4.72. The summed E-state index contributed by atoms with van der Waals surface area (Å²) in [6, 6.07) is 13.1. The maximum atomic E-state index is 12.9. The molecule has 2 aromatic carbocycles. The van der Waals surface area contributed by atoms with Crippen LogP contribution in [0.1, 0.15) is 36.1 Å². The van der Waals surface area contributed by atoms with Crippen molar-refractivity contribution < 1.29 is 9.18 Å². The van der Waals surface area contributed by atoms with Crippen molar-refractivity contribution in [3.63, 3.8) is 0 Å². The van der Waals surface area contributed by atoms with E-state index < -0.39 is 0 Å². The normalized spacial score (nSPS) is 12.3. The van der Waals surface area contributed by atoms with Crippen LogP contribution in [-0.2, 0) is 6.54 Å². The molecule has 0 spiro atoms. The number of hydrogen-bond donors (Lipinski definition) is 1. The lowest BCUT2D eigenvalue weighted by Gasteiger charge is -2.15. The van der Waals surface area contributed by atoms with E-state index in [0.717, 1.165) is 23.4 Å². The van der Waals surface area contributed by atoms with Gasteiger partial charge in [-0.05, 0) is 50.2 Å². The molecular formula is C18H18FN3O. The van der Waals surface area contributed by atoms with Crippen LogP contribution in [0.3, 0.4) is 0 Å². The van der Waals surface area contributed by atoms with E-state index in [9.17, 15) is 9.18 Å². The maximum Gasteiger partial charge on any atom is 0.251 e. The number of amides is 1. The van der Waals surface area contributed by atoms with E-state index in [2.05, 4.69) is 14.9 Å². The van der Waals surface area contributed by atoms with Crippen LogP contribution in [0.25, 0.3) is 11.0 Å². The van der Waals surface area contributed by atoms with Crippen molar-refractivity contribution in [3.8, 4) is 0 Å². The summed E-state index contributed by atoms with van der Waals surface area (Å²) in [4.78, 5) is 16.9. The van der Waals surface area contributed by atoms with Crippen molar-refractivity contribution in [1.29, 1.82) is 0 Å². The second-order valence-electron chi connectivity index (χ2n) is 5.41. The first-order valence-corrected chi connectivity index (χ1v) is 7.61. The van der Waals surface area contributed by atoms with Gasteiger partial charge in [-0.2, -0.15) is 0 Å². The first-order valence-electron chi connectivity index (χ1n) is 7.61. The second-order valence-corrected chi connectivity index (χ2v) is 5.41. The smallest absolute Gasteiger partial charge is 0.251 e. The monoisotopic (exact) mass is 311 g/mol. The lowest BCUT2D eigenvalue weighted by Crippen LogP contribution is -2.28. The average Bonchev–Trinajstić information content (AvgIpc) is 2.94. The Morgan fingerprint density at radius 2 is 1.91 bits per heavy atom. The summed E-state index contributed by atoms with van der Waals surface area (Å²) in [5, 5.41) is 2.92. The highest BCUT2D eigenvalue weighted by Crippen LogP contribution is 2.21. The fourth-order valence-electron chi connectivity index (χ4n) is 2.70. The van der Waals surface area contributed by atoms with E-state index in [4.69, 9.17) is 0 Å². The van der Waals surface area contributed by atoms with Crippen molar-refractivity contribution in [3.05, 3.63) is 65.7 Å². The predicted molar refractivity (Wildman–Crippen MR) is 87.7 cm³/mol. The third-order valence-corrected chi connectivity index (χ3v) is 3.84. The number of rotatable bonds is 4. The number of aryl methyl sites for hydroxylation is 1. The van der Waals surface area contributed by atoms with Crippen LogP contribution in [0.2, 0.25) is 0 Å². The Hall–Kier alpha value is -2.69. The Bertz CT molecular complexity index is 839. The standard InChI is InChI=1S/C18H18FN3O/c1-3-22-16-7-5-4-6-15(16)21-17(22)12(2)20-18(23)13-8-10-14(19)11-9-13/h4-12H,3H2,1-2H3,(H,20,23). The molecule has 1 atom stereocenters. The highest BCUT2D eigenvalue weighted by Gasteiger charge is 2.18. The van der Waals surface area contributed by atoms with Crippen LogP contribution in [0.15, 0.2) is 48.5 Å². The molecule has 1 unspecified atom stereocenters. The van der Waals surface area contributed by atoms with E-state index in [0.29, 0.717) is 5.56 Å². The van der Waals surface area contributed by atoms with Crippen molar-refractivity contribution in [2.75, 3.05) is 0 Å². The van der Waals surface area contributed by atoms with E-state index >= 15 is 0 Å². The molecule has 0 radical (unpaired) electrons. The van der Waals surface area contributed by atoms with Gasteiger partial charge in [-0.15, -0.1) is 0 Å². The first kappa shape index (κ1) is 15.2. The number of nitrogens with one attached hydrogen (secondary N) is 1. The van der Waals surface area contributed by atoms with Gasteiger partial charge in [0, 0.05) is 12.1 Å². The van der Waals surface area contributed by atoms with Gasteiger partial charge in [-0.3, -0.25) is 4.79 Å². The van der Waals surface area contributed by atoms with Gasteiger partial charge in [0.1, 0.15) is 11.6 Å². The van der Waals surface area contributed by atoms with Crippen molar-refractivity contribution in [2.45, 2.75) is 26.4 Å². The fraction of sp³-hybridized carbons (Fsp3) is 0.222. The van der Waals surface area contributed by atoms with Crippen LogP contribution in [0.4, 0.5) is 4.39 Å². The van der Waals surface area contributed by atoms with Crippen LogP contribution in [0, 0.1) is 5.82 Å². The van der Waals surface area contributed by atoms with Crippen LogP contribution >= 0.6 is 0 Å². The SMILES string of the molecule is CCn1c(C(C)NC(=O)c2ccc(F)cc2)nc2ccccc21. The van der Waals surface area contributed by atoms with E-state index in [-0.39, 0.29) is 17.8 Å². The summed E-state index contributed by atoms with van der Waals surface area (Å²) in [5.74, 6) is 0.207. The minimum atomic E-state index is -0.359. The molecule has 4 nitrogen and oxygen atoms in total. The Kier molecular flexibility index (Phi) is 4.10. The number of fused-ring (bicyclic) bond motifs is 1. The summed E-state index contributed by atoms with van der Waals surface area (Å²) < 4.78 is 15.0. The van der Waals surface area contributed by atoms with E-state index in [1.807, 2.05) is 38.1 Å². The van der Waals surface area contributed by atoms with Gasteiger partial charge < -0.3 is 9.88 Å². The minimum Gasteiger partial charge on any atom is -0.342 e. The molecule has 1 amide bonds. The van der Waals surface area contributed by atoms with Gasteiger partial charge >= 0.3 is 0 Å². The van der Waals surface area contributed by atoms with Gasteiger partial charge in [0.15, 0.2) is 0 Å². The van der Waals surface area contributed by atoms with Gasteiger partial charge in [0.25, 0.3) is 5.91 Å². The topological polar surface area (TPSA) is 46.9 Å². The number of para-hydroxylation sites is 2. The van der Waals surface area contributed by atoms with Crippen molar-refractivity contribution >= 4 is 16.9 Å². The largest absolute Gasteiger partial charge is 0.342 e. The molecule has 0 aliphatic heterocycles. The van der Waals surface area contributed by atoms with E-state index in [1.165, 1.54) is 24.3 Å². The highest BCUT2D eigenvalue weighted by atomic mass is 19.1. The molecule has 0 aliphatic carbocycles. The Morgan fingerprint density at radius 3 is 2.61 bits per heavy atom. The number of carbonyl (C=O) groups is 1. The number of carbonyl (C=O) groups excluding carboxylic acids is 1. The van der Waals surface area contributed by atoms with Crippen molar-refractivity contribution in [2.24, 2.45) is 0 Å². The molecule has 0 aliphatic rings. The van der Waals surface area contributed by atoms with Gasteiger partial charge in [-0.1, -0.05) is 12.1 Å². The molecule has 5 heteroatoms. The summed E-state index contributed by atoms with van der Waals surface area (Å²) in [6.07, 6.45) is 0. The summed E-state index contributed by atoms with van der Waals surface area (Å²) in [7, 11) is 0. The Morgan fingerprint density at radius 1 is 1.22 bits per heavy atom. The molecule has 0 bridgehead atoms. The minimum absolute atomic E-state index is 0.243. The van der Waals surface area contributed by atoms with Crippen molar-refractivity contribution in [1.82, 2.24) is 14.9 Å². The summed E-state index contributed by atoms with van der Waals surface area (Å²) in [5.41, 5.74) is 2.39. The van der Waals surface area contributed by atoms with Crippen LogP contribution in [-0.4, -0.2) is 15.5 Å². The molecule has 0 fully saturated rings. The third kappa shape index (κ3) is 2.95. The number of nitrogens with zero attached hydrogens (tertiary/aromatic N) is 2. The maximum absolute atomic E-state index is 12.9. The number of aromatic nitrogens is 2. The number of benzene rings is 2. The third-order valence-electron chi connectivity index (χ3n) is 3.84. The number of imidazole rings is 1. The second kappa shape index (κ2) is 6.20. The molecule has 0 saturated heterocycles. The van der Waals surface area contributed by atoms with Gasteiger partial charge in [0.2, 0.25) is 0 Å². The quantitative estimate of drug-likeness (QED) is 0.799.